The third kappa shape index (κ3) is 10.8. The number of rotatable bonds is 13. The summed E-state index contributed by atoms with van der Waals surface area (Å²) in [6, 6.07) is 7.03. The van der Waals surface area contributed by atoms with E-state index in [0.717, 1.165) is 11.8 Å². The smallest absolute Gasteiger partial charge is 0.337 e. The van der Waals surface area contributed by atoms with Gasteiger partial charge >= 0.3 is 5.97 Å². The average Bonchev–Trinajstić information content (AvgIpc) is 2.58. The molecule has 1 rings (SSSR count). The van der Waals surface area contributed by atoms with Gasteiger partial charge in [-0.1, -0.05) is 12.1 Å². The van der Waals surface area contributed by atoms with Crippen molar-refractivity contribution >= 4 is 16.1 Å². The van der Waals surface area contributed by atoms with Gasteiger partial charge in [0.05, 0.1) is 65.2 Å². The molecule has 8 nitrogen and oxygen atoms in total. The highest BCUT2D eigenvalue weighted by atomic mass is 32.2. The molecule has 0 fully saturated rings. The Hall–Kier alpha value is -1.52. The highest BCUT2D eigenvalue weighted by Gasteiger charge is 2.05. The predicted octanol–water partition coefficient (Wildman–Crippen LogP) is 0.999. The summed E-state index contributed by atoms with van der Waals surface area (Å²) in [7, 11) is -2.08. The van der Waals surface area contributed by atoms with Crippen LogP contribution in [0.15, 0.2) is 24.3 Å². The minimum absolute atomic E-state index is 0.00736. The SMILES string of the molecule is COC(=O)c1cccc(COCCOCCOCCOS(C)(=O)=O)c1. The van der Waals surface area contributed by atoms with Crippen molar-refractivity contribution in [2.75, 3.05) is 53.0 Å². The first-order chi connectivity index (χ1) is 11.9. The number of esters is 1. The second-order valence-electron chi connectivity index (χ2n) is 5.00. The van der Waals surface area contributed by atoms with Gasteiger partial charge in [0.25, 0.3) is 10.1 Å². The molecule has 0 aromatic heterocycles. The summed E-state index contributed by atoms with van der Waals surface area (Å²) >= 11 is 0. The number of methoxy groups -OCH3 is 1. The van der Waals surface area contributed by atoms with Gasteiger partial charge in [-0.3, -0.25) is 4.18 Å². The topological polar surface area (TPSA) is 97.4 Å². The quantitative estimate of drug-likeness (QED) is 0.286. The summed E-state index contributed by atoms with van der Waals surface area (Å²) in [6.07, 6.45) is 0.988. The average molecular weight is 376 g/mol. The molecule has 0 aliphatic heterocycles. The molecule has 0 atom stereocenters. The lowest BCUT2D eigenvalue weighted by Gasteiger charge is -2.07. The molecule has 1 aromatic rings. The van der Waals surface area contributed by atoms with Crippen molar-refractivity contribution in [3.05, 3.63) is 35.4 Å². The van der Waals surface area contributed by atoms with Crippen LogP contribution in [-0.2, 0) is 39.9 Å². The molecule has 0 radical (unpaired) electrons. The number of carbonyl (C=O) groups is 1. The van der Waals surface area contributed by atoms with E-state index in [1.165, 1.54) is 7.11 Å². The van der Waals surface area contributed by atoms with E-state index < -0.39 is 10.1 Å². The molecule has 0 aliphatic carbocycles. The molecule has 0 heterocycles. The van der Waals surface area contributed by atoms with E-state index in [4.69, 9.17) is 14.2 Å². The lowest BCUT2D eigenvalue weighted by atomic mass is 10.1. The Balaban J connectivity index is 2.01. The maximum Gasteiger partial charge on any atom is 0.337 e. The Labute approximate surface area is 148 Å². The van der Waals surface area contributed by atoms with Gasteiger partial charge in [-0.25, -0.2) is 4.79 Å². The zero-order chi connectivity index (χ0) is 18.5. The molecule has 9 heteroatoms. The van der Waals surface area contributed by atoms with Crippen LogP contribution in [0.25, 0.3) is 0 Å². The first kappa shape index (κ1) is 21.5. The lowest BCUT2D eigenvalue weighted by Crippen LogP contribution is -2.13. The van der Waals surface area contributed by atoms with Crippen LogP contribution in [0.1, 0.15) is 15.9 Å². The number of benzene rings is 1. The molecule has 0 amide bonds. The number of hydrogen-bond acceptors (Lipinski definition) is 8. The minimum atomic E-state index is -3.42. The van der Waals surface area contributed by atoms with E-state index in [9.17, 15) is 13.2 Å². The molecule has 0 N–H and O–H groups in total. The van der Waals surface area contributed by atoms with Crippen LogP contribution in [0.4, 0.5) is 0 Å². The summed E-state index contributed by atoms with van der Waals surface area (Å²) in [5.41, 5.74) is 1.36. The van der Waals surface area contributed by atoms with Gasteiger partial charge in [0.15, 0.2) is 0 Å². The summed E-state index contributed by atoms with van der Waals surface area (Å²) in [5.74, 6) is -0.382. The molecule has 0 bridgehead atoms. The maximum atomic E-state index is 11.4. The molecular formula is C16H24O8S. The van der Waals surface area contributed by atoms with Gasteiger partial charge in [0.1, 0.15) is 0 Å². The van der Waals surface area contributed by atoms with E-state index in [1.807, 2.05) is 6.07 Å². The van der Waals surface area contributed by atoms with Gasteiger partial charge in [-0.05, 0) is 17.7 Å². The zero-order valence-corrected chi connectivity index (χ0v) is 15.2. The standard InChI is InChI=1S/C16H24O8S/c1-20-16(17)15-5-3-4-14(12-15)13-23-9-8-21-6-7-22-10-11-24-25(2,18)19/h3-5,12H,6-11,13H2,1-2H3. The van der Waals surface area contributed by atoms with Gasteiger partial charge in [-0.15, -0.1) is 0 Å². The predicted molar refractivity (Wildman–Crippen MR) is 89.9 cm³/mol. The molecule has 0 spiro atoms. The van der Waals surface area contributed by atoms with Crippen molar-refractivity contribution in [3.8, 4) is 0 Å². The summed E-state index contributed by atoms with van der Waals surface area (Å²) in [4.78, 5) is 11.4. The molecule has 0 unspecified atom stereocenters. The number of hydrogen-bond donors (Lipinski definition) is 0. The van der Waals surface area contributed by atoms with Crippen molar-refractivity contribution in [3.63, 3.8) is 0 Å². The van der Waals surface area contributed by atoms with Crippen LogP contribution >= 0.6 is 0 Å². The molecule has 25 heavy (non-hydrogen) atoms. The van der Waals surface area contributed by atoms with Crippen molar-refractivity contribution in [1.29, 1.82) is 0 Å². The fraction of sp³-hybridized carbons (Fsp3) is 0.562. The number of ether oxygens (including phenoxy) is 4. The zero-order valence-electron chi connectivity index (χ0n) is 14.4. The van der Waals surface area contributed by atoms with Gasteiger partial charge in [-0.2, -0.15) is 8.42 Å². The van der Waals surface area contributed by atoms with Crippen LogP contribution in [0.2, 0.25) is 0 Å². The van der Waals surface area contributed by atoms with E-state index in [0.29, 0.717) is 38.6 Å². The fourth-order valence-corrected chi connectivity index (χ4v) is 2.15. The minimum Gasteiger partial charge on any atom is -0.465 e. The summed E-state index contributed by atoms with van der Waals surface area (Å²) < 4.78 is 46.5. The Morgan fingerprint density at radius 3 is 2.16 bits per heavy atom. The monoisotopic (exact) mass is 376 g/mol. The van der Waals surface area contributed by atoms with Gasteiger partial charge in [0, 0.05) is 0 Å². The first-order valence-electron chi connectivity index (χ1n) is 7.67. The highest BCUT2D eigenvalue weighted by Crippen LogP contribution is 2.07. The van der Waals surface area contributed by atoms with Gasteiger partial charge < -0.3 is 18.9 Å². The molecule has 0 saturated heterocycles. The van der Waals surface area contributed by atoms with E-state index in [1.54, 1.807) is 18.2 Å². The third-order valence-corrected chi connectivity index (χ3v) is 3.48. The lowest BCUT2D eigenvalue weighted by molar-refractivity contribution is 0.00631. The van der Waals surface area contributed by atoms with Crippen molar-refractivity contribution < 1.29 is 36.3 Å². The van der Waals surface area contributed by atoms with Crippen molar-refractivity contribution in [2.45, 2.75) is 6.61 Å². The molecule has 1 aromatic carbocycles. The van der Waals surface area contributed by atoms with Crippen LogP contribution in [0.3, 0.4) is 0 Å². The largest absolute Gasteiger partial charge is 0.465 e. The first-order valence-corrected chi connectivity index (χ1v) is 9.49. The highest BCUT2D eigenvalue weighted by molar-refractivity contribution is 7.85. The van der Waals surface area contributed by atoms with E-state index in [2.05, 4.69) is 8.92 Å². The maximum absolute atomic E-state index is 11.4. The fourth-order valence-electron chi connectivity index (χ4n) is 1.78. The van der Waals surface area contributed by atoms with E-state index in [-0.39, 0.29) is 19.2 Å². The Morgan fingerprint density at radius 1 is 0.960 bits per heavy atom. The Morgan fingerprint density at radius 2 is 1.56 bits per heavy atom. The van der Waals surface area contributed by atoms with E-state index >= 15 is 0 Å². The molecule has 0 saturated carbocycles. The van der Waals surface area contributed by atoms with Crippen molar-refractivity contribution in [1.82, 2.24) is 0 Å². The van der Waals surface area contributed by atoms with Gasteiger partial charge in [0.2, 0.25) is 0 Å². The second-order valence-corrected chi connectivity index (χ2v) is 6.64. The third-order valence-electron chi connectivity index (χ3n) is 2.89. The normalized spacial score (nSPS) is 11.4. The van der Waals surface area contributed by atoms with Crippen LogP contribution < -0.4 is 0 Å². The summed E-state index contributed by atoms with van der Waals surface area (Å²) in [5, 5.41) is 0. The summed E-state index contributed by atoms with van der Waals surface area (Å²) in [6.45, 7) is 2.07. The van der Waals surface area contributed by atoms with Crippen molar-refractivity contribution in [2.24, 2.45) is 0 Å². The van der Waals surface area contributed by atoms with Crippen LogP contribution in [0.5, 0.6) is 0 Å². The molecule has 142 valence electrons. The Kier molecular flexibility index (Phi) is 10.3. The molecular weight excluding hydrogens is 352 g/mol. The van der Waals surface area contributed by atoms with Crippen LogP contribution in [0, 0.1) is 0 Å². The molecule has 0 aliphatic rings. The Bertz CT molecular complexity index is 614. The number of carbonyl (C=O) groups excluding carboxylic acids is 1. The second kappa shape index (κ2) is 11.9. The van der Waals surface area contributed by atoms with Crippen LogP contribution in [-0.4, -0.2) is 67.4 Å².